The molecule has 2 aromatic rings. The summed E-state index contributed by atoms with van der Waals surface area (Å²) in [6, 6.07) is 12.1. The molecule has 1 N–H and O–H groups in total. The SMILES string of the molecule is CCOc1ccc(NC(=O)c2ccc(C#N)nc2)cc1. The van der Waals surface area contributed by atoms with Crippen LogP contribution in [-0.2, 0) is 0 Å². The van der Waals surface area contributed by atoms with Crippen LogP contribution in [0.3, 0.4) is 0 Å². The molecule has 1 aromatic carbocycles. The maximum atomic E-state index is 12.0. The van der Waals surface area contributed by atoms with E-state index in [2.05, 4.69) is 10.3 Å². The van der Waals surface area contributed by atoms with Crippen molar-refractivity contribution in [3.63, 3.8) is 0 Å². The lowest BCUT2D eigenvalue weighted by atomic mass is 10.2. The molecule has 0 fully saturated rings. The zero-order valence-electron chi connectivity index (χ0n) is 11.0. The third-order valence-corrected chi connectivity index (χ3v) is 2.56. The number of nitriles is 1. The Balaban J connectivity index is 2.05. The van der Waals surface area contributed by atoms with E-state index in [0.717, 1.165) is 5.75 Å². The lowest BCUT2D eigenvalue weighted by molar-refractivity contribution is 0.102. The van der Waals surface area contributed by atoms with Gasteiger partial charge in [-0.25, -0.2) is 4.98 Å². The van der Waals surface area contributed by atoms with Crippen LogP contribution in [-0.4, -0.2) is 17.5 Å². The molecule has 1 heterocycles. The molecule has 1 amide bonds. The highest BCUT2D eigenvalue weighted by atomic mass is 16.5. The second-order valence-electron chi connectivity index (χ2n) is 3.96. The van der Waals surface area contributed by atoms with Gasteiger partial charge in [-0.1, -0.05) is 0 Å². The molecule has 100 valence electrons. The first-order valence-electron chi connectivity index (χ1n) is 6.13. The van der Waals surface area contributed by atoms with E-state index in [1.54, 1.807) is 30.3 Å². The number of nitrogens with zero attached hydrogens (tertiary/aromatic N) is 2. The first-order chi connectivity index (χ1) is 9.72. The summed E-state index contributed by atoms with van der Waals surface area (Å²) in [7, 11) is 0. The Labute approximate surface area is 116 Å². The minimum Gasteiger partial charge on any atom is -0.494 e. The van der Waals surface area contributed by atoms with Gasteiger partial charge in [0.25, 0.3) is 5.91 Å². The first kappa shape index (κ1) is 13.6. The Kier molecular flexibility index (Phi) is 4.30. The van der Waals surface area contributed by atoms with Gasteiger partial charge in [0, 0.05) is 11.9 Å². The van der Waals surface area contributed by atoms with Gasteiger partial charge in [0.1, 0.15) is 17.5 Å². The van der Waals surface area contributed by atoms with Crippen molar-refractivity contribution in [3.8, 4) is 11.8 Å². The highest BCUT2D eigenvalue weighted by Gasteiger charge is 2.06. The Morgan fingerprint density at radius 1 is 1.30 bits per heavy atom. The average molecular weight is 267 g/mol. The number of hydrogen-bond acceptors (Lipinski definition) is 4. The molecule has 0 radical (unpaired) electrons. The first-order valence-corrected chi connectivity index (χ1v) is 6.13. The van der Waals surface area contributed by atoms with Crippen molar-refractivity contribution >= 4 is 11.6 Å². The summed E-state index contributed by atoms with van der Waals surface area (Å²) in [6.45, 7) is 2.51. The molecule has 0 saturated heterocycles. The van der Waals surface area contributed by atoms with Gasteiger partial charge in [-0.15, -0.1) is 0 Å². The van der Waals surface area contributed by atoms with Gasteiger partial charge in [-0.2, -0.15) is 5.26 Å². The molecule has 0 atom stereocenters. The maximum absolute atomic E-state index is 12.0. The molecule has 5 nitrogen and oxygen atoms in total. The molecule has 0 saturated carbocycles. The molecular weight excluding hydrogens is 254 g/mol. The van der Waals surface area contributed by atoms with Crippen LogP contribution in [0.5, 0.6) is 5.75 Å². The highest BCUT2D eigenvalue weighted by molar-refractivity contribution is 6.04. The van der Waals surface area contributed by atoms with Crippen LogP contribution >= 0.6 is 0 Å². The fourth-order valence-electron chi connectivity index (χ4n) is 1.60. The zero-order chi connectivity index (χ0) is 14.4. The fourth-order valence-corrected chi connectivity index (χ4v) is 1.60. The number of aromatic nitrogens is 1. The van der Waals surface area contributed by atoms with E-state index < -0.39 is 0 Å². The molecule has 0 bridgehead atoms. The van der Waals surface area contributed by atoms with Crippen LogP contribution in [0.1, 0.15) is 23.0 Å². The van der Waals surface area contributed by atoms with Crippen molar-refractivity contribution in [3.05, 3.63) is 53.9 Å². The topological polar surface area (TPSA) is 75.0 Å². The summed E-state index contributed by atoms with van der Waals surface area (Å²) in [5.41, 5.74) is 1.35. The van der Waals surface area contributed by atoms with Crippen molar-refractivity contribution < 1.29 is 9.53 Å². The van der Waals surface area contributed by atoms with E-state index in [4.69, 9.17) is 10.00 Å². The zero-order valence-corrected chi connectivity index (χ0v) is 11.0. The van der Waals surface area contributed by atoms with E-state index in [1.807, 2.05) is 13.0 Å². The molecule has 0 spiro atoms. The third-order valence-electron chi connectivity index (χ3n) is 2.56. The fraction of sp³-hybridized carbons (Fsp3) is 0.133. The number of nitrogens with one attached hydrogen (secondary N) is 1. The summed E-state index contributed by atoms with van der Waals surface area (Å²) < 4.78 is 5.32. The van der Waals surface area contributed by atoms with Crippen LogP contribution in [0.15, 0.2) is 42.6 Å². The van der Waals surface area contributed by atoms with E-state index >= 15 is 0 Å². The Hall–Kier alpha value is -2.87. The summed E-state index contributed by atoms with van der Waals surface area (Å²) >= 11 is 0. The monoisotopic (exact) mass is 267 g/mol. The predicted molar refractivity (Wildman–Crippen MR) is 74.5 cm³/mol. The largest absolute Gasteiger partial charge is 0.494 e. The van der Waals surface area contributed by atoms with Gasteiger partial charge in [0.05, 0.1) is 12.2 Å². The minimum absolute atomic E-state index is 0.272. The summed E-state index contributed by atoms with van der Waals surface area (Å²) in [4.78, 5) is 15.8. The molecule has 0 aliphatic heterocycles. The predicted octanol–water partition coefficient (Wildman–Crippen LogP) is 2.60. The number of benzene rings is 1. The molecular formula is C15H13N3O2. The third kappa shape index (κ3) is 3.33. The number of pyridine rings is 1. The number of carbonyl (C=O) groups excluding carboxylic acids is 1. The van der Waals surface area contributed by atoms with Crippen molar-refractivity contribution in [2.45, 2.75) is 6.92 Å². The lowest BCUT2D eigenvalue weighted by Gasteiger charge is -2.07. The van der Waals surface area contributed by atoms with E-state index in [9.17, 15) is 4.79 Å². The van der Waals surface area contributed by atoms with Gasteiger partial charge >= 0.3 is 0 Å². The Bertz CT molecular complexity index is 628. The molecule has 0 aliphatic carbocycles. The molecule has 0 unspecified atom stereocenters. The van der Waals surface area contributed by atoms with Crippen molar-refractivity contribution in [2.75, 3.05) is 11.9 Å². The van der Waals surface area contributed by atoms with Gasteiger partial charge in [0.2, 0.25) is 0 Å². The number of anilines is 1. The highest BCUT2D eigenvalue weighted by Crippen LogP contribution is 2.16. The van der Waals surface area contributed by atoms with Crippen LogP contribution in [0.2, 0.25) is 0 Å². The number of rotatable bonds is 4. The molecule has 2 rings (SSSR count). The maximum Gasteiger partial charge on any atom is 0.257 e. The van der Waals surface area contributed by atoms with Crippen LogP contribution in [0.4, 0.5) is 5.69 Å². The normalized spacial score (nSPS) is 9.60. The summed E-state index contributed by atoms with van der Waals surface area (Å²) in [6.07, 6.45) is 1.38. The standard InChI is InChI=1S/C15H13N3O2/c1-2-20-14-7-5-12(6-8-14)18-15(19)11-3-4-13(9-16)17-10-11/h3-8,10H,2H2,1H3,(H,18,19). The molecule has 1 aromatic heterocycles. The summed E-state index contributed by atoms with van der Waals surface area (Å²) in [5, 5.41) is 11.4. The van der Waals surface area contributed by atoms with Crippen LogP contribution in [0, 0.1) is 11.3 Å². The van der Waals surface area contributed by atoms with Crippen molar-refractivity contribution in [2.24, 2.45) is 0 Å². The second-order valence-corrected chi connectivity index (χ2v) is 3.96. The minimum atomic E-state index is -0.272. The smallest absolute Gasteiger partial charge is 0.257 e. The lowest BCUT2D eigenvalue weighted by Crippen LogP contribution is -2.12. The Morgan fingerprint density at radius 2 is 2.05 bits per heavy atom. The van der Waals surface area contributed by atoms with Gasteiger partial charge in [-0.05, 0) is 43.3 Å². The number of carbonyl (C=O) groups is 1. The molecule has 0 aliphatic rings. The number of amides is 1. The molecule has 5 heteroatoms. The van der Waals surface area contributed by atoms with Crippen LogP contribution < -0.4 is 10.1 Å². The van der Waals surface area contributed by atoms with Crippen molar-refractivity contribution in [1.82, 2.24) is 4.98 Å². The van der Waals surface area contributed by atoms with E-state index in [-0.39, 0.29) is 11.6 Å². The van der Waals surface area contributed by atoms with Gasteiger partial charge in [-0.3, -0.25) is 4.79 Å². The number of ether oxygens (including phenoxy) is 1. The molecule has 20 heavy (non-hydrogen) atoms. The quantitative estimate of drug-likeness (QED) is 0.923. The number of hydrogen-bond donors (Lipinski definition) is 1. The van der Waals surface area contributed by atoms with Gasteiger partial charge in [0.15, 0.2) is 0 Å². The van der Waals surface area contributed by atoms with Crippen molar-refractivity contribution in [1.29, 1.82) is 5.26 Å². The summed E-state index contributed by atoms with van der Waals surface area (Å²) in [5.74, 6) is 0.483. The van der Waals surface area contributed by atoms with E-state index in [0.29, 0.717) is 17.9 Å². The average Bonchev–Trinajstić information content (AvgIpc) is 2.49. The Morgan fingerprint density at radius 3 is 2.60 bits per heavy atom. The second kappa shape index (κ2) is 6.34. The van der Waals surface area contributed by atoms with Gasteiger partial charge < -0.3 is 10.1 Å². The van der Waals surface area contributed by atoms with Crippen LogP contribution in [0.25, 0.3) is 0 Å². The van der Waals surface area contributed by atoms with E-state index in [1.165, 1.54) is 12.3 Å².